The molecule has 0 radical (unpaired) electrons. The second-order valence-corrected chi connectivity index (χ2v) is 2.64. The fourth-order valence-electron chi connectivity index (χ4n) is 1.08. The van der Waals surface area contributed by atoms with Gasteiger partial charge in [0.15, 0.2) is 0 Å². The van der Waals surface area contributed by atoms with Gasteiger partial charge in [0.25, 0.3) is 0 Å². The molecule has 0 amide bonds. The maximum Gasteiger partial charge on any atom is 0.132 e. The van der Waals surface area contributed by atoms with Crippen LogP contribution < -0.4 is 0 Å². The Morgan fingerprint density at radius 3 is 2.17 bits per heavy atom. The first-order chi connectivity index (χ1) is 5.65. The maximum absolute atomic E-state index is 12.9. The monoisotopic (exact) mass is 172 g/mol. The molecular formula is C9H10F2O. The highest BCUT2D eigenvalue weighted by atomic mass is 19.1. The van der Waals surface area contributed by atoms with Crippen molar-refractivity contribution in [2.24, 2.45) is 0 Å². The summed E-state index contributed by atoms with van der Waals surface area (Å²) in [6.45, 7) is 1.84. The lowest BCUT2D eigenvalue weighted by atomic mass is 10.1. The molecular weight excluding hydrogens is 162 g/mol. The first-order valence-electron chi connectivity index (χ1n) is 3.82. The maximum atomic E-state index is 12.9. The number of aromatic hydroxyl groups is 1. The minimum absolute atomic E-state index is 0.0512. The Kier molecular flexibility index (Phi) is 2.63. The summed E-state index contributed by atoms with van der Waals surface area (Å²) in [5.74, 6) is -1.71. The average Bonchev–Trinajstić information content (AvgIpc) is 1.96. The highest BCUT2D eigenvalue weighted by Gasteiger charge is 2.09. The summed E-state index contributed by atoms with van der Waals surface area (Å²) in [6.07, 6.45) is 1.04. The molecule has 0 spiro atoms. The van der Waals surface area contributed by atoms with E-state index >= 15 is 0 Å². The van der Waals surface area contributed by atoms with E-state index in [1.807, 2.05) is 6.92 Å². The lowest BCUT2D eigenvalue weighted by Gasteiger charge is -2.03. The summed E-state index contributed by atoms with van der Waals surface area (Å²) >= 11 is 0. The normalized spacial score (nSPS) is 10.2. The molecule has 0 unspecified atom stereocenters. The van der Waals surface area contributed by atoms with Crippen LogP contribution in [0.4, 0.5) is 8.78 Å². The highest BCUT2D eigenvalue weighted by molar-refractivity contribution is 5.29. The first kappa shape index (κ1) is 8.97. The molecule has 0 aliphatic heterocycles. The zero-order valence-corrected chi connectivity index (χ0v) is 6.77. The van der Waals surface area contributed by atoms with Crippen LogP contribution in [0.2, 0.25) is 0 Å². The van der Waals surface area contributed by atoms with Crippen LogP contribution >= 0.6 is 0 Å². The van der Waals surface area contributed by atoms with E-state index in [1.165, 1.54) is 0 Å². The van der Waals surface area contributed by atoms with Gasteiger partial charge in [-0.2, -0.15) is 0 Å². The molecule has 0 aliphatic carbocycles. The van der Waals surface area contributed by atoms with Crippen molar-refractivity contribution in [1.29, 1.82) is 0 Å². The number of hydrogen-bond acceptors (Lipinski definition) is 1. The molecule has 1 nitrogen and oxygen atoms in total. The Hall–Kier alpha value is -1.12. The predicted molar refractivity (Wildman–Crippen MR) is 42.0 cm³/mol. The smallest absolute Gasteiger partial charge is 0.132 e. The van der Waals surface area contributed by atoms with Crippen molar-refractivity contribution in [1.82, 2.24) is 0 Å². The Bertz CT molecular complexity index is 261. The van der Waals surface area contributed by atoms with E-state index in [4.69, 9.17) is 5.11 Å². The van der Waals surface area contributed by atoms with E-state index in [0.29, 0.717) is 12.8 Å². The molecule has 0 atom stereocenters. The summed E-state index contributed by atoms with van der Waals surface area (Å²) in [5.41, 5.74) is 0.0512. The third-order valence-electron chi connectivity index (χ3n) is 1.63. The van der Waals surface area contributed by atoms with Gasteiger partial charge >= 0.3 is 0 Å². The van der Waals surface area contributed by atoms with Crippen LogP contribution in [0.25, 0.3) is 0 Å². The third kappa shape index (κ3) is 1.72. The van der Waals surface area contributed by atoms with Gasteiger partial charge in [-0.1, -0.05) is 13.3 Å². The molecule has 0 saturated heterocycles. The molecule has 1 aromatic carbocycles. The van der Waals surface area contributed by atoms with Gasteiger partial charge in [0.05, 0.1) is 0 Å². The van der Waals surface area contributed by atoms with Crippen LogP contribution in [-0.4, -0.2) is 5.11 Å². The van der Waals surface area contributed by atoms with Gasteiger partial charge in [-0.15, -0.1) is 0 Å². The Morgan fingerprint density at radius 1 is 1.25 bits per heavy atom. The summed E-state index contributed by atoms with van der Waals surface area (Å²) in [7, 11) is 0. The Morgan fingerprint density at radius 2 is 1.75 bits per heavy atom. The number of benzene rings is 1. The van der Waals surface area contributed by atoms with Crippen LogP contribution in [0.15, 0.2) is 12.1 Å². The van der Waals surface area contributed by atoms with Crippen molar-refractivity contribution in [3.05, 3.63) is 29.3 Å². The van der Waals surface area contributed by atoms with Crippen LogP contribution in [0, 0.1) is 11.6 Å². The molecule has 3 heteroatoms. The topological polar surface area (TPSA) is 20.2 Å². The summed E-state index contributed by atoms with van der Waals surface area (Å²) < 4.78 is 25.8. The van der Waals surface area contributed by atoms with E-state index in [1.54, 1.807) is 0 Å². The fraction of sp³-hybridized carbons (Fsp3) is 0.333. The van der Waals surface area contributed by atoms with Gasteiger partial charge in [0, 0.05) is 17.7 Å². The van der Waals surface area contributed by atoms with Gasteiger partial charge < -0.3 is 5.11 Å². The van der Waals surface area contributed by atoms with Gasteiger partial charge in [0.2, 0.25) is 0 Å². The molecule has 0 saturated carbocycles. The van der Waals surface area contributed by atoms with Crippen LogP contribution in [0.1, 0.15) is 18.9 Å². The minimum Gasteiger partial charge on any atom is -0.508 e. The zero-order chi connectivity index (χ0) is 9.14. The van der Waals surface area contributed by atoms with E-state index in [0.717, 1.165) is 12.1 Å². The third-order valence-corrected chi connectivity index (χ3v) is 1.63. The van der Waals surface area contributed by atoms with Gasteiger partial charge in [0.1, 0.15) is 17.4 Å². The second-order valence-electron chi connectivity index (χ2n) is 2.64. The molecule has 0 fully saturated rings. The molecule has 12 heavy (non-hydrogen) atoms. The second kappa shape index (κ2) is 3.52. The van der Waals surface area contributed by atoms with Crippen LogP contribution in [0.3, 0.4) is 0 Å². The quantitative estimate of drug-likeness (QED) is 0.727. The number of hydrogen-bond donors (Lipinski definition) is 1. The Labute approximate surface area is 69.7 Å². The molecule has 66 valence electrons. The van der Waals surface area contributed by atoms with Crippen LogP contribution in [-0.2, 0) is 6.42 Å². The molecule has 0 heterocycles. The van der Waals surface area contributed by atoms with Gasteiger partial charge in [-0.05, 0) is 6.42 Å². The molecule has 1 rings (SSSR count). The standard InChI is InChI=1S/C9H10F2O/c1-2-3-7-8(10)4-6(12)5-9(7)11/h4-5,12H,2-3H2,1H3. The van der Waals surface area contributed by atoms with E-state index in [2.05, 4.69) is 0 Å². The van der Waals surface area contributed by atoms with Crippen molar-refractivity contribution in [3.8, 4) is 5.75 Å². The molecule has 0 aromatic heterocycles. The van der Waals surface area contributed by atoms with Crippen molar-refractivity contribution in [2.75, 3.05) is 0 Å². The van der Waals surface area contributed by atoms with Crippen LogP contribution in [0.5, 0.6) is 5.75 Å². The van der Waals surface area contributed by atoms with Crippen molar-refractivity contribution < 1.29 is 13.9 Å². The minimum atomic E-state index is -0.672. The van der Waals surface area contributed by atoms with Gasteiger partial charge in [-0.3, -0.25) is 0 Å². The van der Waals surface area contributed by atoms with Gasteiger partial charge in [-0.25, -0.2) is 8.78 Å². The lowest BCUT2D eigenvalue weighted by Crippen LogP contribution is -1.94. The number of phenolic OH excluding ortho intramolecular Hbond substituents is 1. The fourth-order valence-corrected chi connectivity index (χ4v) is 1.08. The largest absolute Gasteiger partial charge is 0.508 e. The predicted octanol–water partition coefficient (Wildman–Crippen LogP) is 2.62. The summed E-state index contributed by atoms with van der Waals surface area (Å²) in [6, 6.07) is 1.85. The van der Waals surface area contributed by atoms with E-state index in [-0.39, 0.29) is 11.3 Å². The molecule has 0 bridgehead atoms. The number of halogens is 2. The summed E-state index contributed by atoms with van der Waals surface area (Å²) in [4.78, 5) is 0. The molecule has 1 N–H and O–H groups in total. The van der Waals surface area contributed by atoms with Crippen molar-refractivity contribution in [2.45, 2.75) is 19.8 Å². The van der Waals surface area contributed by atoms with Crippen molar-refractivity contribution >= 4 is 0 Å². The average molecular weight is 172 g/mol. The number of rotatable bonds is 2. The highest BCUT2D eigenvalue weighted by Crippen LogP contribution is 2.20. The molecule has 1 aromatic rings. The zero-order valence-electron chi connectivity index (χ0n) is 6.77. The molecule has 0 aliphatic rings. The van der Waals surface area contributed by atoms with E-state index in [9.17, 15) is 8.78 Å². The SMILES string of the molecule is CCCc1c(F)cc(O)cc1F. The van der Waals surface area contributed by atoms with E-state index < -0.39 is 11.6 Å². The van der Waals surface area contributed by atoms with Crippen molar-refractivity contribution in [3.63, 3.8) is 0 Å². The summed E-state index contributed by atoms with van der Waals surface area (Å²) in [5, 5.41) is 8.81. The number of phenols is 1. The first-order valence-corrected chi connectivity index (χ1v) is 3.82. The Balaban J connectivity index is 3.10. The lowest BCUT2D eigenvalue weighted by molar-refractivity contribution is 0.456.